The molecule has 0 spiro atoms. The van der Waals surface area contributed by atoms with Gasteiger partial charge in [-0.25, -0.2) is 0 Å². The molecule has 6 aliphatic carbocycles. The van der Waals surface area contributed by atoms with Crippen molar-refractivity contribution in [2.24, 2.45) is 22.7 Å². The second kappa shape index (κ2) is 15.7. The van der Waals surface area contributed by atoms with E-state index in [0.717, 1.165) is 35.8 Å². The first-order chi connectivity index (χ1) is 31.3. The van der Waals surface area contributed by atoms with E-state index in [9.17, 15) is 30.2 Å². The Balaban J connectivity index is 1.09. The third-order valence-electron chi connectivity index (χ3n) is 18.3. The molecule has 0 aliphatic heterocycles. The van der Waals surface area contributed by atoms with Gasteiger partial charge in [-0.05, 0) is 0 Å². The van der Waals surface area contributed by atoms with E-state index in [1.54, 1.807) is 0 Å². The number of rotatable bonds is 11. The van der Waals surface area contributed by atoms with E-state index in [0.29, 0.717) is 0 Å². The van der Waals surface area contributed by atoms with Gasteiger partial charge in [0.15, 0.2) is 0 Å². The summed E-state index contributed by atoms with van der Waals surface area (Å²) in [5.74, 6) is -1.05. The minimum absolute atomic E-state index is 0.0646. The molecule has 3 atom stereocenters. The zero-order valence-electron chi connectivity index (χ0n) is 37.4. The van der Waals surface area contributed by atoms with Crippen molar-refractivity contribution in [3.05, 3.63) is 155 Å². The molecule has 0 nitrogen and oxygen atoms in total. The Labute approximate surface area is 391 Å². The van der Waals surface area contributed by atoms with Gasteiger partial charge in [0.25, 0.3) is 0 Å². The van der Waals surface area contributed by atoms with Crippen molar-refractivity contribution in [3.8, 4) is 22.3 Å². The van der Waals surface area contributed by atoms with Gasteiger partial charge in [0, 0.05) is 0 Å². The SMILES string of the molecule is C[SiH](CCC(F)(F)F)[Zr]([Cl])([Cl])([CH]1C(CC23CCC(CC2)C3)=Cc2c(-c3ccc4ccccc4c3)cccc21)[CH]1C(CC23CCC(CC2)C3)=Cc2c(-c3ccc4ccccc4c3)cccc21. The summed E-state index contributed by atoms with van der Waals surface area (Å²) in [6, 6.07) is 44.0. The number of halogens is 5. The van der Waals surface area contributed by atoms with E-state index in [1.165, 1.54) is 130 Å². The summed E-state index contributed by atoms with van der Waals surface area (Å²) in [5.41, 5.74) is 12.4. The fraction of sp³-hybridized carbons (Fsp3) is 0.379. The first-order valence-electron chi connectivity index (χ1n) is 24.6. The summed E-state index contributed by atoms with van der Waals surface area (Å²) in [6.45, 7) is 2.18. The van der Waals surface area contributed by atoms with Crippen LogP contribution in [0.4, 0.5) is 13.2 Å². The van der Waals surface area contributed by atoms with Gasteiger partial charge in [0.05, 0.1) is 0 Å². The Kier molecular flexibility index (Phi) is 10.4. The van der Waals surface area contributed by atoms with Crippen LogP contribution in [0.5, 0.6) is 0 Å². The fourth-order valence-corrected chi connectivity index (χ4v) is 55.1. The predicted octanol–water partition coefficient (Wildman–Crippen LogP) is 18.1. The van der Waals surface area contributed by atoms with Gasteiger partial charge in [-0.3, -0.25) is 0 Å². The third-order valence-corrected chi connectivity index (χ3v) is 68.4. The van der Waals surface area contributed by atoms with Crippen molar-refractivity contribution in [2.45, 2.75) is 109 Å². The molecule has 0 N–H and O–H groups in total. The number of hydrogen-bond donors (Lipinski definition) is 0. The van der Waals surface area contributed by atoms with Crippen molar-refractivity contribution in [3.63, 3.8) is 0 Å². The van der Waals surface area contributed by atoms with Crippen LogP contribution in [0.15, 0.2) is 132 Å². The average Bonchev–Trinajstić information content (AvgIpc) is 4.18. The Bertz CT molecular complexity index is 2760. The van der Waals surface area contributed by atoms with Crippen LogP contribution in [0.3, 0.4) is 0 Å². The van der Waals surface area contributed by atoms with Crippen LogP contribution in [-0.2, 0) is 15.6 Å². The molecule has 6 aliphatic rings. The molecule has 4 bridgehead atoms. The number of alkyl halides is 3. The zero-order valence-corrected chi connectivity index (χ0v) is 42.5. The Morgan fingerprint density at radius 3 is 1.40 bits per heavy atom. The molecular weight excluding hydrogens is 944 g/mol. The van der Waals surface area contributed by atoms with Gasteiger partial charge < -0.3 is 0 Å². The van der Waals surface area contributed by atoms with Crippen molar-refractivity contribution in [1.82, 2.24) is 0 Å². The van der Waals surface area contributed by atoms with Gasteiger partial charge in [0.1, 0.15) is 0 Å². The van der Waals surface area contributed by atoms with E-state index in [1.807, 2.05) is 0 Å². The van der Waals surface area contributed by atoms with Crippen molar-refractivity contribution >= 4 is 56.6 Å². The molecule has 0 saturated heterocycles. The molecule has 4 saturated carbocycles. The summed E-state index contributed by atoms with van der Waals surface area (Å²) < 4.78 is 43.6. The summed E-state index contributed by atoms with van der Waals surface area (Å²) in [4.78, 5) is 0. The van der Waals surface area contributed by atoms with Crippen LogP contribution >= 0.6 is 17.0 Å². The molecule has 7 heteroatoms. The molecule has 333 valence electrons. The summed E-state index contributed by atoms with van der Waals surface area (Å²) >= 11 is -5.78. The summed E-state index contributed by atoms with van der Waals surface area (Å²) in [5, 5.41) is 4.78. The van der Waals surface area contributed by atoms with Gasteiger partial charge in [-0.2, -0.15) is 0 Å². The maximum absolute atomic E-state index is 14.7. The number of fused-ring (bicyclic) bond motifs is 8. The van der Waals surface area contributed by atoms with Crippen molar-refractivity contribution in [2.75, 3.05) is 0 Å². The molecular formula is C58H58Cl2F3SiZr. The van der Waals surface area contributed by atoms with Crippen LogP contribution in [0, 0.1) is 22.7 Å². The van der Waals surface area contributed by atoms with Crippen LogP contribution in [0.1, 0.15) is 113 Å². The van der Waals surface area contributed by atoms with Crippen molar-refractivity contribution < 1.29 is 28.7 Å². The Morgan fingerprint density at radius 2 is 1.00 bits per heavy atom. The topological polar surface area (TPSA) is 0 Å². The first-order valence-corrected chi connectivity index (χ1v) is 40.5. The van der Waals surface area contributed by atoms with Crippen LogP contribution in [0.2, 0.25) is 12.6 Å². The molecule has 6 aromatic carbocycles. The quantitative estimate of drug-likeness (QED) is 0.114. The average molecular weight is 1000 g/mol. The first kappa shape index (κ1) is 43.1. The molecule has 0 aromatic heterocycles. The molecule has 3 unspecified atom stereocenters. The number of hydrogen-bond acceptors (Lipinski definition) is 0. The van der Waals surface area contributed by atoms with Crippen LogP contribution in [0.25, 0.3) is 56.0 Å². The molecule has 65 heavy (non-hydrogen) atoms. The number of benzene rings is 6. The molecule has 0 heterocycles. The second-order valence-electron chi connectivity index (χ2n) is 22.0. The maximum atomic E-state index is 14.7. The van der Waals surface area contributed by atoms with Crippen LogP contribution in [-0.4, -0.2) is 12.1 Å². The van der Waals surface area contributed by atoms with Crippen molar-refractivity contribution in [1.29, 1.82) is 0 Å². The molecule has 4 fully saturated rings. The van der Waals surface area contributed by atoms with Gasteiger partial charge in [-0.15, -0.1) is 0 Å². The summed E-state index contributed by atoms with van der Waals surface area (Å²) in [7, 11) is 18.5. The zero-order chi connectivity index (χ0) is 44.4. The minimum atomic E-state index is -5.78. The van der Waals surface area contributed by atoms with Gasteiger partial charge in [0.2, 0.25) is 0 Å². The van der Waals surface area contributed by atoms with E-state index in [4.69, 9.17) is 0 Å². The molecule has 0 radical (unpaired) electrons. The van der Waals surface area contributed by atoms with Crippen LogP contribution < -0.4 is 0 Å². The fourth-order valence-electron chi connectivity index (χ4n) is 15.1. The Hall–Kier alpha value is -3.21. The second-order valence-corrected chi connectivity index (χ2v) is 63.3. The van der Waals surface area contributed by atoms with Gasteiger partial charge >= 0.3 is 395 Å². The Morgan fingerprint density at radius 1 is 0.569 bits per heavy atom. The molecule has 12 rings (SSSR count). The monoisotopic (exact) mass is 999 g/mol. The predicted molar refractivity (Wildman–Crippen MR) is 268 cm³/mol. The van der Waals surface area contributed by atoms with E-state index in [-0.39, 0.29) is 24.1 Å². The molecule has 6 aromatic rings. The standard InChI is InChI=1S/2C27H25.C4H8F3Si.2ClH.Zr/c2*1-2-5-22-16-24(9-8-21(22)4-1)25-7-3-6-23-14-20(15-26(23)25)18-27-12-10-19(17-27)11-13-27;1-8-3-2-4(5,6)7;;;/h2*1-9,14-16,19H,10-13,17-18H2;8H,2-3H2,1H3;2*1H;/q;;;;;+2/p-2. The van der Waals surface area contributed by atoms with E-state index >= 15 is 0 Å². The van der Waals surface area contributed by atoms with E-state index < -0.39 is 34.1 Å². The molecule has 0 amide bonds. The van der Waals surface area contributed by atoms with Gasteiger partial charge in [-0.1, -0.05) is 0 Å². The summed E-state index contributed by atoms with van der Waals surface area (Å²) in [6.07, 6.45) is 14.1. The normalized spacial score (nSPS) is 27.8. The number of allylic oxidation sites excluding steroid dienone is 2. The van der Waals surface area contributed by atoms with E-state index in [2.05, 4.69) is 140 Å². The third kappa shape index (κ3) is 7.20.